The molecule has 354 valence electrons. The Labute approximate surface area is 400 Å². The fourth-order valence-corrected chi connectivity index (χ4v) is 10.3. The summed E-state index contributed by atoms with van der Waals surface area (Å²) >= 11 is 0. The van der Waals surface area contributed by atoms with Gasteiger partial charge in [0.05, 0.1) is 0 Å². The molecule has 1 aliphatic rings. The average molecular weight is 877 g/mol. The van der Waals surface area contributed by atoms with Crippen LogP contribution in [0.4, 0.5) is 11.4 Å². The molecule has 2 nitrogen and oxygen atoms in total. The summed E-state index contributed by atoms with van der Waals surface area (Å²) in [6.07, 6.45) is 40.7. The SMILES string of the molecule is CCCCCCCCCC1(CCCCCCCCC)c2cc(/C=C/c3ccc(N(CCCC)CCCC)cc3)ccc2-c2ccc(/C=C/c3ccc(N(CCCC)CCCC)cc3)cc21. The Morgan fingerprint density at radius 3 is 0.954 bits per heavy atom. The lowest BCUT2D eigenvalue weighted by molar-refractivity contribution is 0.397. The van der Waals surface area contributed by atoms with Gasteiger partial charge in [0.15, 0.2) is 0 Å². The minimum Gasteiger partial charge on any atom is -0.372 e. The summed E-state index contributed by atoms with van der Waals surface area (Å²) in [4.78, 5) is 5.17. The predicted molar refractivity (Wildman–Crippen MR) is 293 cm³/mol. The van der Waals surface area contributed by atoms with Gasteiger partial charge >= 0.3 is 0 Å². The van der Waals surface area contributed by atoms with Crippen LogP contribution in [0.3, 0.4) is 0 Å². The van der Waals surface area contributed by atoms with E-state index in [1.54, 1.807) is 11.1 Å². The van der Waals surface area contributed by atoms with Gasteiger partial charge < -0.3 is 9.80 Å². The second-order valence-electron chi connectivity index (χ2n) is 19.7. The zero-order valence-electron chi connectivity index (χ0n) is 42.6. The van der Waals surface area contributed by atoms with Crippen molar-refractivity contribution in [3.8, 4) is 11.1 Å². The molecule has 0 aliphatic heterocycles. The predicted octanol–water partition coefficient (Wildman–Crippen LogP) is 19.4. The van der Waals surface area contributed by atoms with E-state index in [-0.39, 0.29) is 5.41 Å². The standard InChI is InChI=1S/C63H92N2/c1-7-13-19-21-23-25-27-45-63(46-28-26-24-22-20-14-8-2)61-51-55(31-29-53-33-39-57(40-34-53)64(47-15-9-3)48-16-10-4)37-43-59(61)60-44-38-56(52-62(60)63)32-30-54-35-41-58(42-36-54)65(49-17-11-5)50-18-12-6/h29-44,51-52H,7-28,45-50H2,1-6H3/b31-29+,32-30+. The Kier molecular flexibility index (Phi) is 23.6. The summed E-state index contributed by atoms with van der Waals surface area (Å²) in [5, 5.41) is 0. The van der Waals surface area contributed by atoms with Gasteiger partial charge in [0.25, 0.3) is 0 Å². The number of nitrogens with zero attached hydrogens (tertiary/aromatic N) is 2. The van der Waals surface area contributed by atoms with Crippen molar-refractivity contribution in [3.63, 3.8) is 0 Å². The van der Waals surface area contributed by atoms with E-state index >= 15 is 0 Å². The zero-order chi connectivity index (χ0) is 46.0. The van der Waals surface area contributed by atoms with Gasteiger partial charge in [-0.2, -0.15) is 0 Å². The molecule has 1 aliphatic carbocycles. The van der Waals surface area contributed by atoms with Crippen LogP contribution in [-0.2, 0) is 5.41 Å². The lowest BCUT2D eigenvalue weighted by Gasteiger charge is -2.33. The number of hydrogen-bond donors (Lipinski definition) is 0. The second-order valence-corrected chi connectivity index (χ2v) is 19.7. The normalized spacial score (nSPS) is 13.0. The van der Waals surface area contributed by atoms with E-state index in [4.69, 9.17) is 0 Å². The molecule has 0 heterocycles. The third-order valence-corrected chi connectivity index (χ3v) is 14.4. The molecule has 5 rings (SSSR count). The van der Waals surface area contributed by atoms with Gasteiger partial charge in [0.1, 0.15) is 0 Å². The molecule has 0 radical (unpaired) electrons. The largest absolute Gasteiger partial charge is 0.372 e. The van der Waals surface area contributed by atoms with Gasteiger partial charge in [-0.15, -0.1) is 0 Å². The monoisotopic (exact) mass is 877 g/mol. The molecule has 0 amide bonds. The summed E-state index contributed by atoms with van der Waals surface area (Å²) in [6.45, 7) is 18.4. The smallest absolute Gasteiger partial charge is 0.0366 e. The minimum atomic E-state index is 0.0371. The Morgan fingerprint density at radius 1 is 0.323 bits per heavy atom. The summed E-state index contributed by atoms with van der Waals surface area (Å²) in [5.41, 5.74) is 14.0. The highest BCUT2D eigenvalue weighted by Crippen LogP contribution is 2.55. The van der Waals surface area contributed by atoms with Crippen LogP contribution >= 0.6 is 0 Å². The van der Waals surface area contributed by atoms with Crippen LogP contribution in [0.25, 0.3) is 35.4 Å². The Hall–Kier alpha value is -4.04. The molecule has 0 saturated carbocycles. The number of anilines is 2. The van der Waals surface area contributed by atoms with Crippen molar-refractivity contribution in [1.82, 2.24) is 0 Å². The van der Waals surface area contributed by atoms with Crippen LogP contribution in [0.1, 0.15) is 229 Å². The van der Waals surface area contributed by atoms with Gasteiger partial charge in [-0.3, -0.25) is 0 Å². The number of benzene rings is 4. The van der Waals surface area contributed by atoms with E-state index in [0.29, 0.717) is 0 Å². The Balaban J connectivity index is 1.45. The van der Waals surface area contributed by atoms with Crippen molar-refractivity contribution in [1.29, 1.82) is 0 Å². The molecule has 0 atom stereocenters. The van der Waals surface area contributed by atoms with Gasteiger partial charge in [-0.05, 0) is 107 Å². The highest BCUT2D eigenvalue weighted by Gasteiger charge is 2.42. The number of rotatable bonds is 34. The van der Waals surface area contributed by atoms with E-state index in [0.717, 1.165) is 26.2 Å². The van der Waals surface area contributed by atoms with E-state index in [1.165, 1.54) is 199 Å². The lowest BCUT2D eigenvalue weighted by Crippen LogP contribution is -2.25. The van der Waals surface area contributed by atoms with Crippen LogP contribution in [0.2, 0.25) is 0 Å². The van der Waals surface area contributed by atoms with Gasteiger partial charge in [0.2, 0.25) is 0 Å². The average Bonchev–Trinajstić information content (AvgIpc) is 3.60. The topological polar surface area (TPSA) is 6.48 Å². The maximum atomic E-state index is 2.60. The van der Waals surface area contributed by atoms with Crippen LogP contribution in [-0.4, -0.2) is 26.2 Å². The van der Waals surface area contributed by atoms with E-state index in [9.17, 15) is 0 Å². The number of hydrogen-bond acceptors (Lipinski definition) is 2. The highest BCUT2D eigenvalue weighted by atomic mass is 15.1. The zero-order valence-corrected chi connectivity index (χ0v) is 42.6. The first kappa shape index (κ1) is 51.9. The Bertz CT molecular complexity index is 1790. The van der Waals surface area contributed by atoms with Crippen molar-refractivity contribution in [2.24, 2.45) is 0 Å². The molecule has 0 unspecified atom stereocenters. The number of unbranched alkanes of at least 4 members (excludes halogenated alkanes) is 16. The maximum absolute atomic E-state index is 2.60. The van der Waals surface area contributed by atoms with Gasteiger partial charge in [-0.1, -0.05) is 242 Å². The molecule has 2 heteroatoms. The minimum absolute atomic E-state index is 0.0371. The maximum Gasteiger partial charge on any atom is 0.0366 e. The first-order chi connectivity index (χ1) is 32.0. The molecular formula is C63H92N2. The van der Waals surface area contributed by atoms with E-state index in [2.05, 4.69) is 161 Å². The van der Waals surface area contributed by atoms with Crippen molar-refractivity contribution < 1.29 is 0 Å². The molecule has 0 N–H and O–H groups in total. The summed E-state index contributed by atoms with van der Waals surface area (Å²) in [6, 6.07) is 33.6. The van der Waals surface area contributed by atoms with Crippen LogP contribution in [0.5, 0.6) is 0 Å². The first-order valence-corrected chi connectivity index (χ1v) is 27.4. The highest BCUT2D eigenvalue weighted by molar-refractivity contribution is 5.85. The van der Waals surface area contributed by atoms with Crippen LogP contribution < -0.4 is 9.80 Å². The molecule has 4 aromatic carbocycles. The molecular weight excluding hydrogens is 785 g/mol. The second kappa shape index (κ2) is 29.6. The van der Waals surface area contributed by atoms with Gasteiger partial charge in [0, 0.05) is 43.0 Å². The van der Waals surface area contributed by atoms with E-state index in [1.807, 2.05) is 0 Å². The van der Waals surface area contributed by atoms with Crippen LogP contribution in [0, 0.1) is 0 Å². The molecule has 0 saturated heterocycles. The summed E-state index contributed by atoms with van der Waals surface area (Å²) in [5.74, 6) is 0. The molecule has 0 aromatic heterocycles. The molecule has 4 aromatic rings. The van der Waals surface area contributed by atoms with Crippen molar-refractivity contribution in [3.05, 3.63) is 118 Å². The van der Waals surface area contributed by atoms with Gasteiger partial charge in [-0.25, -0.2) is 0 Å². The first-order valence-electron chi connectivity index (χ1n) is 27.4. The third-order valence-electron chi connectivity index (χ3n) is 14.4. The van der Waals surface area contributed by atoms with Crippen molar-refractivity contribution >= 4 is 35.7 Å². The number of fused-ring (bicyclic) bond motifs is 3. The van der Waals surface area contributed by atoms with Crippen LogP contribution in [0.15, 0.2) is 84.9 Å². The lowest BCUT2D eigenvalue weighted by atomic mass is 9.70. The third kappa shape index (κ3) is 16.1. The molecule has 65 heavy (non-hydrogen) atoms. The quantitative estimate of drug-likeness (QED) is 0.0341. The summed E-state index contributed by atoms with van der Waals surface area (Å²) in [7, 11) is 0. The van der Waals surface area contributed by atoms with E-state index < -0.39 is 0 Å². The summed E-state index contributed by atoms with van der Waals surface area (Å²) < 4.78 is 0. The molecule has 0 fully saturated rings. The molecule has 0 spiro atoms. The fraction of sp³-hybridized carbons (Fsp3) is 0.556. The van der Waals surface area contributed by atoms with Crippen molar-refractivity contribution in [2.75, 3.05) is 36.0 Å². The Morgan fingerprint density at radius 2 is 0.615 bits per heavy atom. The fourth-order valence-electron chi connectivity index (χ4n) is 10.3. The molecule has 0 bridgehead atoms. The van der Waals surface area contributed by atoms with Crippen molar-refractivity contribution in [2.45, 2.75) is 201 Å².